The zero-order valence-electron chi connectivity index (χ0n) is 19.0. The summed E-state index contributed by atoms with van der Waals surface area (Å²) in [5, 5.41) is 17.9. The molecular formula is C26H24N2O7S. The van der Waals surface area contributed by atoms with Crippen LogP contribution < -0.4 is 9.46 Å². The Labute approximate surface area is 207 Å². The summed E-state index contributed by atoms with van der Waals surface area (Å²) >= 11 is 0. The molecule has 3 aromatic carbocycles. The van der Waals surface area contributed by atoms with Crippen molar-refractivity contribution in [2.24, 2.45) is 0 Å². The fourth-order valence-electron chi connectivity index (χ4n) is 3.86. The van der Waals surface area contributed by atoms with Crippen LogP contribution in [-0.2, 0) is 32.6 Å². The Morgan fingerprint density at radius 3 is 2.17 bits per heavy atom. The average Bonchev–Trinajstić information content (AvgIpc) is 3.28. The van der Waals surface area contributed by atoms with Gasteiger partial charge in [0.15, 0.2) is 0 Å². The van der Waals surface area contributed by atoms with Crippen LogP contribution in [0.15, 0.2) is 84.9 Å². The maximum Gasteiger partial charge on any atom is 0.356 e. The molecule has 9 nitrogen and oxygen atoms in total. The fourth-order valence-corrected chi connectivity index (χ4v) is 5.34. The summed E-state index contributed by atoms with van der Waals surface area (Å²) in [6, 6.07) is 24.7. The van der Waals surface area contributed by atoms with Crippen LogP contribution in [0.3, 0.4) is 0 Å². The van der Waals surface area contributed by atoms with E-state index in [0.717, 1.165) is 10.9 Å². The van der Waals surface area contributed by atoms with E-state index >= 15 is 0 Å². The lowest BCUT2D eigenvalue weighted by atomic mass is 10.0. The monoisotopic (exact) mass is 508 g/mol. The van der Waals surface area contributed by atoms with Crippen LogP contribution in [0.2, 0.25) is 0 Å². The van der Waals surface area contributed by atoms with Crippen molar-refractivity contribution in [1.29, 1.82) is 0 Å². The molecule has 4 rings (SSSR count). The molecule has 1 heterocycles. The summed E-state index contributed by atoms with van der Waals surface area (Å²) in [7, 11) is -3.78. The Kier molecular flexibility index (Phi) is 7.37. The first-order valence-electron chi connectivity index (χ1n) is 11.0. The standard InChI is InChI=1S/C26H24N2O7S/c29-25(30)24(26(31)32)35-21-12-11-19-14-20(28-22(19)15-21)16-27-36(33,34)23(18-9-5-2-6-10-18)13-17-7-3-1-4-8-17/h1-12,14-15,23-24,27-28H,13,16H2,(H,29,30)(H,31,32). The summed E-state index contributed by atoms with van der Waals surface area (Å²) in [5.74, 6) is -3.18. The molecule has 0 radical (unpaired) electrons. The number of carboxylic acids is 2. The van der Waals surface area contributed by atoms with Gasteiger partial charge in [0.1, 0.15) is 11.0 Å². The van der Waals surface area contributed by atoms with Crippen molar-refractivity contribution in [1.82, 2.24) is 9.71 Å². The van der Waals surface area contributed by atoms with Gasteiger partial charge < -0.3 is 19.9 Å². The predicted octanol–water partition coefficient (Wildman–Crippen LogP) is 3.49. The maximum absolute atomic E-state index is 13.4. The highest BCUT2D eigenvalue weighted by molar-refractivity contribution is 7.89. The van der Waals surface area contributed by atoms with Crippen LogP contribution in [0.25, 0.3) is 10.9 Å². The number of aromatic amines is 1. The summed E-state index contributed by atoms with van der Waals surface area (Å²) in [4.78, 5) is 25.2. The van der Waals surface area contributed by atoms with Gasteiger partial charge in [0.25, 0.3) is 6.10 Å². The third-order valence-electron chi connectivity index (χ3n) is 5.63. The van der Waals surface area contributed by atoms with Crippen LogP contribution in [0.4, 0.5) is 0 Å². The minimum absolute atomic E-state index is 0.00178. The van der Waals surface area contributed by atoms with E-state index in [1.165, 1.54) is 12.1 Å². The molecule has 0 spiro atoms. The Morgan fingerprint density at radius 2 is 1.53 bits per heavy atom. The molecule has 4 aromatic rings. The molecule has 0 aliphatic heterocycles. The molecule has 186 valence electrons. The first-order chi connectivity index (χ1) is 17.2. The number of benzene rings is 3. The van der Waals surface area contributed by atoms with Gasteiger partial charge in [-0.25, -0.2) is 22.7 Å². The number of aromatic nitrogens is 1. The minimum Gasteiger partial charge on any atom is -0.478 e. The minimum atomic E-state index is -3.78. The van der Waals surface area contributed by atoms with Gasteiger partial charge in [0.2, 0.25) is 10.0 Å². The molecule has 0 saturated heterocycles. The number of fused-ring (bicyclic) bond motifs is 1. The predicted molar refractivity (Wildman–Crippen MR) is 133 cm³/mol. The van der Waals surface area contributed by atoms with Gasteiger partial charge in [0, 0.05) is 17.3 Å². The molecule has 36 heavy (non-hydrogen) atoms. The van der Waals surface area contributed by atoms with Gasteiger partial charge in [-0.15, -0.1) is 0 Å². The van der Waals surface area contributed by atoms with Crippen LogP contribution in [0.1, 0.15) is 22.1 Å². The van der Waals surface area contributed by atoms with Gasteiger partial charge in [-0.05, 0) is 41.1 Å². The van der Waals surface area contributed by atoms with E-state index in [9.17, 15) is 18.0 Å². The Bertz CT molecular complexity index is 1450. The van der Waals surface area contributed by atoms with E-state index in [4.69, 9.17) is 14.9 Å². The number of rotatable bonds is 11. The number of carbonyl (C=O) groups is 2. The number of hydrogen-bond acceptors (Lipinski definition) is 5. The number of carboxylic acid groups (broad SMARTS) is 2. The van der Waals surface area contributed by atoms with Crippen molar-refractivity contribution in [3.8, 4) is 5.75 Å². The van der Waals surface area contributed by atoms with Crippen LogP contribution in [0, 0.1) is 0 Å². The molecule has 1 unspecified atom stereocenters. The van der Waals surface area contributed by atoms with Crippen LogP contribution >= 0.6 is 0 Å². The summed E-state index contributed by atoms with van der Waals surface area (Å²) in [5.41, 5.74) is 2.69. The molecular weight excluding hydrogens is 484 g/mol. The van der Waals surface area contributed by atoms with E-state index in [0.29, 0.717) is 23.2 Å². The van der Waals surface area contributed by atoms with Crippen molar-refractivity contribution < 1.29 is 33.0 Å². The molecule has 1 atom stereocenters. The third kappa shape index (κ3) is 5.91. The quantitative estimate of drug-likeness (QED) is 0.227. The van der Waals surface area contributed by atoms with Crippen molar-refractivity contribution in [3.63, 3.8) is 0 Å². The topological polar surface area (TPSA) is 146 Å². The van der Waals surface area contributed by atoms with Crippen molar-refractivity contribution in [2.75, 3.05) is 0 Å². The lowest BCUT2D eigenvalue weighted by Gasteiger charge is -2.19. The maximum atomic E-state index is 13.4. The van der Waals surface area contributed by atoms with E-state index in [1.54, 1.807) is 36.4 Å². The Hall–Kier alpha value is -4.15. The van der Waals surface area contributed by atoms with Gasteiger partial charge in [-0.2, -0.15) is 0 Å². The lowest BCUT2D eigenvalue weighted by molar-refractivity contribution is -0.159. The normalized spacial score (nSPS) is 12.5. The highest BCUT2D eigenvalue weighted by Gasteiger charge is 2.29. The van der Waals surface area contributed by atoms with Gasteiger partial charge >= 0.3 is 11.9 Å². The third-order valence-corrected chi connectivity index (χ3v) is 7.36. The Morgan fingerprint density at radius 1 is 0.889 bits per heavy atom. The highest BCUT2D eigenvalue weighted by atomic mass is 32.2. The number of aliphatic carboxylic acids is 2. The van der Waals surface area contributed by atoms with Crippen LogP contribution in [-0.4, -0.2) is 41.7 Å². The molecule has 4 N–H and O–H groups in total. The molecule has 0 aliphatic carbocycles. The summed E-state index contributed by atoms with van der Waals surface area (Å²) in [6.07, 6.45) is -1.73. The zero-order valence-corrected chi connectivity index (χ0v) is 19.8. The van der Waals surface area contributed by atoms with Crippen molar-refractivity contribution in [2.45, 2.75) is 24.3 Å². The molecule has 0 aliphatic rings. The molecule has 0 bridgehead atoms. The SMILES string of the molecule is O=C(O)C(Oc1ccc2cc(CNS(=O)(=O)C(Cc3ccccc3)c3ccccc3)[nH]c2c1)C(=O)O. The van der Waals surface area contributed by atoms with E-state index in [-0.39, 0.29) is 12.3 Å². The molecule has 0 fully saturated rings. The second-order valence-corrected chi connectivity index (χ2v) is 10.1. The lowest BCUT2D eigenvalue weighted by Crippen LogP contribution is -2.35. The second kappa shape index (κ2) is 10.6. The molecule has 0 amide bonds. The van der Waals surface area contributed by atoms with Gasteiger partial charge in [-0.1, -0.05) is 60.7 Å². The zero-order chi connectivity index (χ0) is 25.7. The number of ether oxygens (including phenoxy) is 1. The first kappa shape index (κ1) is 25.0. The van der Waals surface area contributed by atoms with E-state index < -0.39 is 33.3 Å². The Balaban J connectivity index is 1.52. The van der Waals surface area contributed by atoms with E-state index in [1.807, 2.05) is 36.4 Å². The molecule has 10 heteroatoms. The van der Waals surface area contributed by atoms with Gasteiger partial charge in [-0.3, -0.25) is 0 Å². The largest absolute Gasteiger partial charge is 0.478 e. The van der Waals surface area contributed by atoms with Crippen molar-refractivity contribution in [3.05, 3.63) is 102 Å². The summed E-state index contributed by atoms with van der Waals surface area (Å²) in [6.45, 7) is -0.00178. The van der Waals surface area contributed by atoms with Crippen LogP contribution in [0.5, 0.6) is 5.75 Å². The average molecular weight is 509 g/mol. The second-order valence-electron chi connectivity index (χ2n) is 8.17. The number of sulfonamides is 1. The number of hydrogen-bond donors (Lipinski definition) is 4. The highest BCUT2D eigenvalue weighted by Crippen LogP contribution is 2.27. The van der Waals surface area contributed by atoms with E-state index in [2.05, 4.69) is 9.71 Å². The molecule has 0 saturated carbocycles. The summed E-state index contributed by atoms with van der Waals surface area (Å²) < 4.78 is 34.5. The first-order valence-corrected chi connectivity index (χ1v) is 12.6. The smallest absolute Gasteiger partial charge is 0.356 e. The number of H-pyrrole nitrogens is 1. The van der Waals surface area contributed by atoms with Crippen molar-refractivity contribution >= 4 is 32.9 Å². The van der Waals surface area contributed by atoms with Gasteiger partial charge in [0.05, 0.1) is 6.54 Å². The molecule has 1 aromatic heterocycles. The fraction of sp³-hybridized carbons (Fsp3) is 0.154. The number of nitrogens with one attached hydrogen (secondary N) is 2.